The van der Waals surface area contributed by atoms with E-state index in [2.05, 4.69) is 39.9 Å². The topological polar surface area (TPSA) is 137 Å². The summed E-state index contributed by atoms with van der Waals surface area (Å²) in [6.45, 7) is 9.80. The molecule has 0 bridgehead atoms. The normalized spacial score (nSPS) is 13.3. The Morgan fingerprint density at radius 1 is 0.589 bits per heavy atom. The van der Waals surface area contributed by atoms with E-state index in [1.807, 2.05) is 0 Å². The predicted octanol–water partition coefficient (Wildman–Crippen LogP) is 12.6. The SMILES string of the molecule is CCCCCCCCCCCCCCCC(=O)OCC(COP(=O)(O)OCCNC(=O)CCSC(C)(C)C)OC(=O)CCCCCCCCCCCCCCC. The molecular weight excluding hydrogens is 750 g/mol. The van der Waals surface area contributed by atoms with Gasteiger partial charge in [-0.1, -0.05) is 189 Å². The summed E-state index contributed by atoms with van der Waals surface area (Å²) in [5.41, 5.74) is 0. The molecule has 2 unspecified atom stereocenters. The first-order chi connectivity index (χ1) is 26.9. The van der Waals surface area contributed by atoms with E-state index in [9.17, 15) is 23.8 Å². The second-order valence-electron chi connectivity index (χ2n) is 16.4. The van der Waals surface area contributed by atoms with Gasteiger partial charge in [-0.3, -0.25) is 23.4 Å². The van der Waals surface area contributed by atoms with Crippen molar-refractivity contribution >= 4 is 37.4 Å². The maximum atomic E-state index is 12.7. The predicted molar refractivity (Wildman–Crippen MR) is 233 cm³/mol. The quantitative estimate of drug-likeness (QED) is 0.0348. The van der Waals surface area contributed by atoms with E-state index in [-0.39, 0.29) is 43.3 Å². The zero-order chi connectivity index (χ0) is 41.6. The van der Waals surface area contributed by atoms with E-state index in [4.69, 9.17) is 18.5 Å². The van der Waals surface area contributed by atoms with Crippen molar-refractivity contribution in [1.82, 2.24) is 5.32 Å². The van der Waals surface area contributed by atoms with Crippen LogP contribution in [0.3, 0.4) is 0 Å². The minimum absolute atomic E-state index is 0.0429. The number of carbonyl (C=O) groups excluding carboxylic acids is 3. The number of esters is 2. The van der Waals surface area contributed by atoms with Crippen molar-refractivity contribution in [1.29, 1.82) is 0 Å². The molecule has 0 saturated carbocycles. The summed E-state index contributed by atoms with van der Waals surface area (Å²) in [6.07, 6.45) is 31.1. The summed E-state index contributed by atoms with van der Waals surface area (Å²) in [6, 6.07) is 0. The molecule has 0 aromatic carbocycles. The van der Waals surface area contributed by atoms with E-state index >= 15 is 0 Å². The Labute approximate surface area is 347 Å². The van der Waals surface area contributed by atoms with E-state index in [0.29, 0.717) is 18.6 Å². The Bertz CT molecular complexity index is 994. The summed E-state index contributed by atoms with van der Waals surface area (Å²) >= 11 is 1.68. The van der Waals surface area contributed by atoms with Gasteiger partial charge in [0.2, 0.25) is 5.91 Å². The second kappa shape index (κ2) is 38.1. The molecule has 0 fully saturated rings. The van der Waals surface area contributed by atoms with Crippen LogP contribution in [0.4, 0.5) is 0 Å². The molecule has 12 heteroatoms. The van der Waals surface area contributed by atoms with Gasteiger partial charge in [-0.15, -0.1) is 0 Å². The minimum atomic E-state index is -4.52. The van der Waals surface area contributed by atoms with Crippen LogP contribution in [0.1, 0.15) is 221 Å². The Morgan fingerprint density at radius 2 is 1.00 bits per heavy atom. The highest BCUT2D eigenvalue weighted by Gasteiger charge is 2.26. The average molecular weight is 836 g/mol. The molecule has 2 atom stereocenters. The molecule has 56 heavy (non-hydrogen) atoms. The summed E-state index contributed by atoms with van der Waals surface area (Å²) in [7, 11) is -4.52. The Hall–Kier alpha value is -1.13. The number of phosphoric ester groups is 1. The second-order valence-corrected chi connectivity index (χ2v) is 19.8. The third-order valence-corrected chi connectivity index (χ3v) is 11.9. The molecule has 0 rings (SSSR count). The van der Waals surface area contributed by atoms with Crippen molar-refractivity contribution in [3.05, 3.63) is 0 Å². The van der Waals surface area contributed by atoms with Crippen molar-refractivity contribution in [2.24, 2.45) is 0 Å². The lowest BCUT2D eigenvalue weighted by molar-refractivity contribution is -0.161. The van der Waals surface area contributed by atoms with Crippen LogP contribution in [-0.4, -0.2) is 65.7 Å². The largest absolute Gasteiger partial charge is 0.472 e. The molecule has 10 nitrogen and oxygen atoms in total. The minimum Gasteiger partial charge on any atom is -0.462 e. The lowest BCUT2D eigenvalue weighted by Gasteiger charge is -2.20. The summed E-state index contributed by atoms with van der Waals surface area (Å²) in [5, 5.41) is 2.67. The number of thioether (sulfide) groups is 1. The number of ether oxygens (including phenoxy) is 2. The van der Waals surface area contributed by atoms with Crippen LogP contribution >= 0.6 is 19.6 Å². The van der Waals surface area contributed by atoms with Crippen LogP contribution in [0.25, 0.3) is 0 Å². The van der Waals surface area contributed by atoms with Gasteiger partial charge in [0.1, 0.15) is 6.61 Å². The van der Waals surface area contributed by atoms with Crippen molar-refractivity contribution in [2.75, 3.05) is 32.1 Å². The fraction of sp³-hybridized carbons (Fsp3) is 0.932. The van der Waals surface area contributed by atoms with Crippen LogP contribution in [0, 0.1) is 0 Å². The lowest BCUT2D eigenvalue weighted by Crippen LogP contribution is -2.30. The molecule has 0 saturated heterocycles. The third kappa shape index (κ3) is 41.0. The van der Waals surface area contributed by atoms with E-state index in [1.165, 1.54) is 122 Å². The highest BCUT2D eigenvalue weighted by Crippen LogP contribution is 2.43. The van der Waals surface area contributed by atoms with Gasteiger partial charge in [-0.05, 0) is 12.8 Å². The van der Waals surface area contributed by atoms with Crippen molar-refractivity contribution in [3.8, 4) is 0 Å². The Kier molecular flexibility index (Phi) is 37.3. The molecule has 0 aromatic rings. The summed E-state index contributed by atoms with van der Waals surface area (Å²) < 4.78 is 33.8. The lowest BCUT2D eigenvalue weighted by atomic mass is 10.0. The average Bonchev–Trinajstić information content (AvgIpc) is 3.14. The number of hydrogen-bond acceptors (Lipinski definition) is 9. The molecule has 0 aromatic heterocycles. The highest BCUT2D eigenvalue weighted by molar-refractivity contribution is 8.00. The van der Waals surface area contributed by atoms with Gasteiger partial charge in [-0.2, -0.15) is 11.8 Å². The van der Waals surface area contributed by atoms with Gasteiger partial charge in [0.05, 0.1) is 13.2 Å². The smallest absolute Gasteiger partial charge is 0.462 e. The van der Waals surface area contributed by atoms with E-state index < -0.39 is 32.5 Å². The number of carbonyl (C=O) groups is 3. The summed E-state index contributed by atoms with van der Waals surface area (Å²) in [4.78, 5) is 47.5. The van der Waals surface area contributed by atoms with Gasteiger partial charge in [0.15, 0.2) is 6.10 Å². The van der Waals surface area contributed by atoms with Crippen LogP contribution in [0.15, 0.2) is 0 Å². The molecule has 2 N–H and O–H groups in total. The fourth-order valence-corrected chi connectivity index (χ4v) is 7.95. The molecular formula is C44H86NO9PS. The van der Waals surface area contributed by atoms with Crippen molar-refractivity contribution in [3.63, 3.8) is 0 Å². The van der Waals surface area contributed by atoms with Crippen LogP contribution < -0.4 is 5.32 Å². The Balaban J connectivity index is 4.54. The van der Waals surface area contributed by atoms with Gasteiger partial charge >= 0.3 is 19.8 Å². The molecule has 0 aliphatic carbocycles. The van der Waals surface area contributed by atoms with Crippen LogP contribution in [0.2, 0.25) is 0 Å². The van der Waals surface area contributed by atoms with Gasteiger partial charge < -0.3 is 19.7 Å². The Morgan fingerprint density at radius 3 is 1.43 bits per heavy atom. The number of hydrogen-bond donors (Lipinski definition) is 2. The maximum Gasteiger partial charge on any atom is 0.472 e. The van der Waals surface area contributed by atoms with Crippen LogP contribution in [-0.2, 0) is 37.5 Å². The number of amides is 1. The van der Waals surface area contributed by atoms with E-state index in [1.54, 1.807) is 11.8 Å². The first-order valence-corrected chi connectivity index (χ1v) is 25.2. The number of phosphoric acid groups is 1. The summed E-state index contributed by atoms with van der Waals surface area (Å²) in [5.74, 6) is -0.364. The molecule has 332 valence electrons. The van der Waals surface area contributed by atoms with Gasteiger partial charge in [-0.25, -0.2) is 4.57 Å². The standard InChI is InChI=1S/C44H86NO9PS/c1-6-8-10-12-14-16-18-20-22-24-26-28-30-32-42(47)51-38-40(39-53-55(49,50)52-36-35-45-41(46)34-37-56-44(3,4)5)54-43(48)33-31-29-27-25-23-21-19-17-15-13-11-9-7-2/h40H,6-39H2,1-5H3,(H,45,46)(H,49,50). The molecule has 0 aliphatic heterocycles. The molecule has 0 aliphatic rings. The number of nitrogens with one attached hydrogen (secondary N) is 1. The fourth-order valence-electron chi connectivity index (χ4n) is 6.30. The monoisotopic (exact) mass is 836 g/mol. The van der Waals surface area contributed by atoms with E-state index in [0.717, 1.165) is 38.5 Å². The maximum absolute atomic E-state index is 12.7. The first-order valence-electron chi connectivity index (χ1n) is 22.8. The van der Waals surface area contributed by atoms with Gasteiger partial charge in [0, 0.05) is 36.3 Å². The van der Waals surface area contributed by atoms with Crippen molar-refractivity contribution in [2.45, 2.75) is 232 Å². The molecule has 0 heterocycles. The molecule has 0 radical (unpaired) electrons. The third-order valence-electron chi connectivity index (χ3n) is 9.66. The van der Waals surface area contributed by atoms with Crippen LogP contribution in [0.5, 0.6) is 0 Å². The molecule has 0 spiro atoms. The van der Waals surface area contributed by atoms with Crippen molar-refractivity contribution < 1.29 is 42.4 Å². The number of rotatable bonds is 41. The highest BCUT2D eigenvalue weighted by atomic mass is 32.2. The first kappa shape index (κ1) is 54.9. The zero-order valence-corrected chi connectivity index (χ0v) is 38.4. The number of unbranched alkanes of at least 4 members (excludes halogenated alkanes) is 24. The van der Waals surface area contributed by atoms with Gasteiger partial charge in [0.25, 0.3) is 0 Å². The molecule has 1 amide bonds. The zero-order valence-electron chi connectivity index (χ0n) is 36.7.